The average Bonchev–Trinajstić information content (AvgIpc) is 3.29. The third-order valence-corrected chi connectivity index (χ3v) is 12.6. The van der Waals surface area contributed by atoms with Crippen molar-refractivity contribution < 1.29 is 4.74 Å². The Kier molecular flexibility index (Phi) is 7.78. The number of para-hydroxylation sites is 2. The van der Waals surface area contributed by atoms with Crippen molar-refractivity contribution in [1.82, 2.24) is 0 Å². The van der Waals surface area contributed by atoms with Crippen molar-refractivity contribution in [2.24, 2.45) is 0 Å². The van der Waals surface area contributed by atoms with Crippen LogP contribution in [0.25, 0.3) is 33.0 Å². The van der Waals surface area contributed by atoms with Crippen molar-refractivity contribution in [3.8, 4) is 33.8 Å². The van der Waals surface area contributed by atoms with Crippen LogP contribution in [-0.4, -0.2) is 0 Å². The Morgan fingerprint density at radius 1 is 0.397 bits per heavy atom. The van der Waals surface area contributed by atoms with Crippen LogP contribution < -0.4 is 9.64 Å². The zero-order valence-electron chi connectivity index (χ0n) is 32.6. The van der Waals surface area contributed by atoms with E-state index in [0.717, 1.165) is 45.3 Å². The molecule has 0 saturated carbocycles. The topological polar surface area (TPSA) is 12.5 Å². The van der Waals surface area contributed by atoms with Gasteiger partial charge in [-0.05, 0) is 92.2 Å². The Morgan fingerprint density at radius 2 is 0.983 bits per heavy atom. The zero-order valence-corrected chi connectivity index (χ0v) is 32.6. The number of ether oxygens (including phenoxy) is 1. The van der Waals surface area contributed by atoms with Crippen molar-refractivity contribution in [2.75, 3.05) is 4.90 Å². The second-order valence-corrected chi connectivity index (χ2v) is 16.0. The first-order chi connectivity index (χ1) is 28.5. The summed E-state index contributed by atoms with van der Waals surface area (Å²) in [7, 11) is 0. The third kappa shape index (κ3) is 5.05. The summed E-state index contributed by atoms with van der Waals surface area (Å²) in [5, 5.41) is 2.54. The van der Waals surface area contributed by atoms with E-state index >= 15 is 0 Å². The molecule has 0 aromatic heterocycles. The lowest BCUT2D eigenvalue weighted by Crippen LogP contribution is -2.43. The molecule has 1 heterocycles. The highest BCUT2D eigenvalue weighted by molar-refractivity contribution is 5.93. The summed E-state index contributed by atoms with van der Waals surface area (Å²) in [6.07, 6.45) is 0. The zero-order chi connectivity index (χ0) is 38.8. The first-order valence-electron chi connectivity index (χ1n) is 20.2. The van der Waals surface area contributed by atoms with Gasteiger partial charge in [0.25, 0.3) is 0 Å². The van der Waals surface area contributed by atoms with E-state index in [1.54, 1.807) is 0 Å². The van der Waals surface area contributed by atoms with Crippen LogP contribution in [0.2, 0.25) is 0 Å². The van der Waals surface area contributed by atoms with Crippen LogP contribution in [0.3, 0.4) is 0 Å². The molecule has 0 N–H and O–H groups in total. The molecule has 0 fully saturated rings. The lowest BCUT2D eigenvalue weighted by molar-refractivity contribution is 0.426. The number of fused-ring (bicyclic) bond motifs is 10. The molecule has 0 saturated heterocycles. The third-order valence-electron chi connectivity index (χ3n) is 12.6. The van der Waals surface area contributed by atoms with Crippen LogP contribution in [0.5, 0.6) is 11.5 Å². The highest BCUT2D eigenvalue weighted by Crippen LogP contribution is 2.63. The lowest BCUT2D eigenvalue weighted by atomic mass is 9.53. The summed E-state index contributed by atoms with van der Waals surface area (Å²) in [4.78, 5) is 2.42. The van der Waals surface area contributed by atoms with Gasteiger partial charge in [-0.3, -0.25) is 0 Å². The van der Waals surface area contributed by atoms with E-state index in [-0.39, 0.29) is 5.41 Å². The fourth-order valence-electron chi connectivity index (χ4n) is 10.0. The lowest BCUT2D eigenvalue weighted by Gasteiger charge is -2.50. The van der Waals surface area contributed by atoms with Crippen LogP contribution in [-0.2, 0) is 10.8 Å². The van der Waals surface area contributed by atoms with Crippen LogP contribution in [0.4, 0.5) is 17.1 Å². The monoisotopic (exact) mass is 743 g/mol. The number of benzene rings is 9. The Hall–Kier alpha value is -7.16. The normalized spacial score (nSPS) is 15.8. The second kappa shape index (κ2) is 13.2. The number of rotatable bonds is 5. The number of anilines is 3. The van der Waals surface area contributed by atoms with Crippen molar-refractivity contribution in [3.63, 3.8) is 0 Å². The van der Waals surface area contributed by atoms with Gasteiger partial charge >= 0.3 is 0 Å². The summed E-state index contributed by atoms with van der Waals surface area (Å²) >= 11 is 0. The summed E-state index contributed by atoms with van der Waals surface area (Å²) in [5.74, 6) is 1.76. The molecule has 0 amide bonds. The summed E-state index contributed by atoms with van der Waals surface area (Å²) in [6, 6.07) is 77.3. The largest absolute Gasteiger partial charge is 0.457 e. The molecule has 9 aromatic carbocycles. The molecule has 1 aliphatic heterocycles. The minimum absolute atomic E-state index is 0.260. The Bertz CT molecular complexity index is 3000. The predicted molar refractivity (Wildman–Crippen MR) is 240 cm³/mol. The Balaban J connectivity index is 1.22. The molecule has 0 bridgehead atoms. The molecule has 1 aliphatic carbocycles. The predicted octanol–water partition coefficient (Wildman–Crippen LogP) is 14.8. The minimum Gasteiger partial charge on any atom is -0.457 e. The van der Waals surface area contributed by atoms with E-state index in [2.05, 4.69) is 231 Å². The van der Waals surface area contributed by atoms with Crippen molar-refractivity contribution in [2.45, 2.75) is 24.7 Å². The second-order valence-electron chi connectivity index (χ2n) is 16.0. The fourth-order valence-corrected chi connectivity index (χ4v) is 10.0. The first-order valence-corrected chi connectivity index (χ1v) is 20.2. The Labute approximate surface area is 340 Å². The smallest absolute Gasteiger partial charge is 0.132 e. The molecule has 0 radical (unpaired) electrons. The molecule has 1 spiro atoms. The first kappa shape index (κ1) is 34.1. The molecule has 2 heteroatoms. The van der Waals surface area contributed by atoms with E-state index in [4.69, 9.17) is 4.74 Å². The van der Waals surface area contributed by atoms with E-state index in [1.165, 1.54) is 49.7 Å². The molecule has 1 atom stereocenters. The van der Waals surface area contributed by atoms with Crippen molar-refractivity contribution in [3.05, 3.63) is 246 Å². The van der Waals surface area contributed by atoms with Gasteiger partial charge in [-0.15, -0.1) is 0 Å². The van der Waals surface area contributed by atoms with Crippen molar-refractivity contribution in [1.29, 1.82) is 0 Å². The SMILES string of the molecule is CC1(C)c2ccccc2C2(c3ccccc3Oc3ccc(N(c4ccc(-c5ccccc5)cc4)c4ccccc4-c4ccccc4)cc32)c2ccc3ccccc3c21. The highest BCUT2D eigenvalue weighted by Gasteiger charge is 2.53. The molecular formula is C56H41NO. The molecule has 2 nitrogen and oxygen atoms in total. The number of hydrogen-bond acceptors (Lipinski definition) is 2. The van der Waals surface area contributed by atoms with Crippen LogP contribution in [0.15, 0.2) is 212 Å². The van der Waals surface area contributed by atoms with Gasteiger partial charge in [0.05, 0.1) is 11.1 Å². The van der Waals surface area contributed by atoms with Gasteiger partial charge < -0.3 is 9.64 Å². The maximum Gasteiger partial charge on any atom is 0.132 e. The molecule has 1 unspecified atom stereocenters. The Morgan fingerprint density at radius 3 is 1.78 bits per heavy atom. The maximum absolute atomic E-state index is 6.96. The average molecular weight is 744 g/mol. The fraction of sp³-hybridized carbons (Fsp3) is 0.0714. The molecule has 11 rings (SSSR count). The van der Waals surface area contributed by atoms with E-state index < -0.39 is 5.41 Å². The number of hydrogen-bond donors (Lipinski definition) is 0. The van der Waals surface area contributed by atoms with E-state index in [9.17, 15) is 0 Å². The van der Waals surface area contributed by atoms with Gasteiger partial charge in [-0.1, -0.05) is 184 Å². The van der Waals surface area contributed by atoms with Gasteiger partial charge in [-0.25, -0.2) is 0 Å². The maximum atomic E-state index is 6.96. The van der Waals surface area contributed by atoms with Gasteiger partial charge in [0, 0.05) is 33.5 Å². The van der Waals surface area contributed by atoms with E-state index in [0.29, 0.717) is 0 Å². The molecule has 276 valence electrons. The standard InChI is InChI=1S/C56H41NO/c1-55(2)46-24-12-13-25-47(46)56(49-35-31-41-21-9-10-23-45(41)54(49)55)48-26-14-16-28-52(48)58-53-36-34-43(37-50(53)56)57(42-32-29-39(30-33-42)38-17-5-3-6-18-38)51-27-15-11-22-44(51)40-19-7-4-8-20-40/h3-37H,1-2H3. The van der Waals surface area contributed by atoms with Crippen LogP contribution in [0.1, 0.15) is 47.2 Å². The van der Waals surface area contributed by atoms with Crippen LogP contribution >= 0.6 is 0 Å². The van der Waals surface area contributed by atoms with Crippen molar-refractivity contribution >= 4 is 27.8 Å². The molecule has 9 aromatic rings. The molecule has 58 heavy (non-hydrogen) atoms. The molecule has 2 aliphatic rings. The minimum atomic E-state index is -0.659. The van der Waals surface area contributed by atoms with Gasteiger partial charge in [0.15, 0.2) is 0 Å². The van der Waals surface area contributed by atoms with Crippen LogP contribution in [0, 0.1) is 0 Å². The summed E-state index contributed by atoms with van der Waals surface area (Å²) in [5.41, 5.74) is 14.6. The highest BCUT2D eigenvalue weighted by atomic mass is 16.5. The van der Waals surface area contributed by atoms with Gasteiger partial charge in [0.2, 0.25) is 0 Å². The number of nitrogens with zero attached hydrogens (tertiary/aromatic N) is 1. The van der Waals surface area contributed by atoms with E-state index in [1.807, 2.05) is 0 Å². The summed E-state index contributed by atoms with van der Waals surface area (Å²) in [6.45, 7) is 4.79. The quantitative estimate of drug-likeness (QED) is 0.174. The van der Waals surface area contributed by atoms with Gasteiger partial charge in [-0.2, -0.15) is 0 Å². The molecular weight excluding hydrogens is 703 g/mol. The van der Waals surface area contributed by atoms with Gasteiger partial charge in [0.1, 0.15) is 11.5 Å². The summed E-state index contributed by atoms with van der Waals surface area (Å²) < 4.78 is 6.96.